The molecule has 4 nitrogen and oxygen atoms in total. The molecule has 1 unspecified atom stereocenters. The fourth-order valence-electron chi connectivity index (χ4n) is 2.19. The Bertz CT molecular complexity index is 401. The molecular weight excluding hydrogens is 277 g/mol. The van der Waals surface area contributed by atoms with Crippen LogP contribution in [0.5, 0.6) is 0 Å². The normalized spacial score (nSPS) is 20.5. The third-order valence-corrected chi connectivity index (χ3v) is 3.98. The van der Waals surface area contributed by atoms with Crippen LogP contribution in [0.3, 0.4) is 0 Å². The van der Waals surface area contributed by atoms with Gasteiger partial charge in [0.2, 0.25) is 11.0 Å². The van der Waals surface area contributed by atoms with Gasteiger partial charge < -0.3 is 10.2 Å². The first-order valence-electron chi connectivity index (χ1n) is 6.37. The number of hydrogen-bond acceptors (Lipinski definition) is 5. The van der Waals surface area contributed by atoms with E-state index >= 15 is 0 Å². The molecule has 8 heteroatoms. The van der Waals surface area contributed by atoms with E-state index in [2.05, 4.69) is 14.7 Å². The van der Waals surface area contributed by atoms with Crippen molar-refractivity contribution < 1.29 is 13.2 Å². The summed E-state index contributed by atoms with van der Waals surface area (Å²) in [5, 5.41) is 3.67. The van der Waals surface area contributed by atoms with Crippen LogP contribution in [0.1, 0.15) is 25.6 Å². The standard InChI is InChI=1S/C11H17F3N4S/c1-2-18(7-8-4-3-5-15-6-8)10-16-9(17-19-10)11(12,13)14/h8,15H,2-7H2,1H3. The number of hydrogen-bond donors (Lipinski definition) is 1. The summed E-state index contributed by atoms with van der Waals surface area (Å²) in [5.74, 6) is -0.570. The van der Waals surface area contributed by atoms with Gasteiger partial charge in [-0.2, -0.15) is 22.5 Å². The van der Waals surface area contributed by atoms with Crippen molar-refractivity contribution in [3.63, 3.8) is 0 Å². The Morgan fingerprint density at radius 1 is 1.47 bits per heavy atom. The summed E-state index contributed by atoms with van der Waals surface area (Å²) in [6.07, 6.45) is -2.23. The summed E-state index contributed by atoms with van der Waals surface area (Å²) < 4.78 is 40.8. The zero-order valence-corrected chi connectivity index (χ0v) is 11.5. The zero-order chi connectivity index (χ0) is 13.9. The lowest BCUT2D eigenvalue weighted by molar-refractivity contribution is -0.144. The first-order valence-corrected chi connectivity index (χ1v) is 7.14. The molecule has 1 saturated heterocycles. The van der Waals surface area contributed by atoms with Gasteiger partial charge in [0, 0.05) is 24.6 Å². The maximum Gasteiger partial charge on any atom is 0.452 e. The van der Waals surface area contributed by atoms with E-state index in [9.17, 15) is 13.2 Å². The summed E-state index contributed by atoms with van der Waals surface area (Å²) in [7, 11) is 0. The lowest BCUT2D eigenvalue weighted by Crippen LogP contribution is -2.38. The average molecular weight is 294 g/mol. The molecule has 19 heavy (non-hydrogen) atoms. The number of nitrogens with zero attached hydrogens (tertiary/aromatic N) is 3. The van der Waals surface area contributed by atoms with E-state index < -0.39 is 12.0 Å². The van der Waals surface area contributed by atoms with Gasteiger partial charge in [-0.3, -0.25) is 0 Å². The van der Waals surface area contributed by atoms with Gasteiger partial charge >= 0.3 is 6.18 Å². The van der Waals surface area contributed by atoms with Crippen LogP contribution in [0, 0.1) is 5.92 Å². The Kier molecular flexibility index (Phi) is 4.62. The molecule has 1 atom stereocenters. The third kappa shape index (κ3) is 3.79. The molecule has 2 heterocycles. The third-order valence-electron chi connectivity index (χ3n) is 3.20. The molecular formula is C11H17F3N4S. The lowest BCUT2D eigenvalue weighted by atomic mass is 9.99. The SMILES string of the molecule is CCN(CC1CCCNC1)c1nc(C(F)(F)F)ns1. The summed E-state index contributed by atoms with van der Waals surface area (Å²) >= 11 is 0.822. The van der Waals surface area contributed by atoms with Crippen molar-refractivity contribution in [2.24, 2.45) is 5.92 Å². The molecule has 0 amide bonds. The van der Waals surface area contributed by atoms with Crippen molar-refractivity contribution in [3.8, 4) is 0 Å². The molecule has 0 aromatic carbocycles. The van der Waals surface area contributed by atoms with Crippen molar-refractivity contribution in [2.45, 2.75) is 25.9 Å². The second-order valence-corrected chi connectivity index (χ2v) is 5.38. The van der Waals surface area contributed by atoms with Crippen molar-refractivity contribution in [3.05, 3.63) is 5.82 Å². The molecule has 1 aromatic rings. The van der Waals surface area contributed by atoms with E-state index in [1.165, 1.54) is 0 Å². The van der Waals surface area contributed by atoms with Crippen LogP contribution in [-0.4, -0.2) is 35.5 Å². The molecule has 1 aliphatic rings. The number of piperidine rings is 1. The van der Waals surface area contributed by atoms with E-state index in [1.807, 2.05) is 11.8 Å². The van der Waals surface area contributed by atoms with Crippen LogP contribution >= 0.6 is 11.5 Å². The molecule has 0 spiro atoms. The Hall–Kier alpha value is -0.890. The van der Waals surface area contributed by atoms with E-state index in [1.54, 1.807) is 0 Å². The quantitative estimate of drug-likeness (QED) is 0.925. The highest BCUT2D eigenvalue weighted by molar-refractivity contribution is 7.09. The van der Waals surface area contributed by atoms with Crippen LogP contribution in [0.25, 0.3) is 0 Å². The number of halogens is 3. The van der Waals surface area contributed by atoms with Gasteiger partial charge in [-0.15, -0.1) is 0 Å². The summed E-state index contributed by atoms with van der Waals surface area (Å²) in [4.78, 5) is 5.49. The fourth-order valence-corrected chi connectivity index (χ4v) is 2.95. The smallest absolute Gasteiger partial charge is 0.347 e. The van der Waals surface area contributed by atoms with Crippen molar-refractivity contribution in [2.75, 3.05) is 31.1 Å². The highest BCUT2D eigenvalue weighted by atomic mass is 32.1. The molecule has 0 saturated carbocycles. The number of nitrogens with one attached hydrogen (secondary N) is 1. The average Bonchev–Trinajstić information content (AvgIpc) is 2.86. The minimum absolute atomic E-state index is 0.361. The number of rotatable bonds is 4. The molecule has 0 bridgehead atoms. The Morgan fingerprint density at radius 2 is 2.26 bits per heavy atom. The van der Waals surface area contributed by atoms with Gasteiger partial charge in [-0.05, 0) is 38.8 Å². The molecule has 108 valence electrons. The van der Waals surface area contributed by atoms with E-state index in [0.717, 1.165) is 44.0 Å². The summed E-state index contributed by atoms with van der Waals surface area (Å²) in [6, 6.07) is 0. The molecule has 1 aliphatic heterocycles. The second kappa shape index (κ2) is 6.04. The van der Waals surface area contributed by atoms with Gasteiger partial charge in [0.25, 0.3) is 0 Å². The van der Waals surface area contributed by atoms with Gasteiger partial charge in [0.15, 0.2) is 0 Å². The second-order valence-electron chi connectivity index (χ2n) is 4.65. The van der Waals surface area contributed by atoms with E-state index in [0.29, 0.717) is 17.6 Å². The Balaban J connectivity index is 2.02. The van der Waals surface area contributed by atoms with E-state index in [4.69, 9.17) is 0 Å². The first-order chi connectivity index (χ1) is 9.00. The molecule has 0 aliphatic carbocycles. The molecule has 2 rings (SSSR count). The predicted octanol–water partition coefficient (Wildman–Crippen LogP) is 2.38. The molecule has 0 radical (unpaired) electrons. The topological polar surface area (TPSA) is 41.0 Å². The number of aromatic nitrogens is 2. The Labute approximate surface area is 114 Å². The van der Waals surface area contributed by atoms with Gasteiger partial charge in [0.1, 0.15) is 0 Å². The monoisotopic (exact) mass is 294 g/mol. The fraction of sp³-hybridized carbons (Fsp3) is 0.818. The predicted molar refractivity (Wildman–Crippen MR) is 68.4 cm³/mol. The minimum atomic E-state index is -4.46. The van der Waals surface area contributed by atoms with Crippen LogP contribution < -0.4 is 10.2 Å². The van der Waals surface area contributed by atoms with Gasteiger partial charge in [-0.25, -0.2) is 0 Å². The highest BCUT2D eigenvalue weighted by Gasteiger charge is 2.36. The van der Waals surface area contributed by atoms with Crippen LogP contribution in [0.15, 0.2) is 0 Å². The van der Waals surface area contributed by atoms with E-state index in [-0.39, 0.29) is 0 Å². The zero-order valence-electron chi connectivity index (χ0n) is 10.7. The molecule has 1 aromatic heterocycles. The number of anilines is 1. The summed E-state index contributed by atoms with van der Waals surface area (Å²) in [5.41, 5.74) is 0. The van der Waals surface area contributed by atoms with Crippen molar-refractivity contribution in [1.29, 1.82) is 0 Å². The van der Waals surface area contributed by atoms with Crippen molar-refractivity contribution in [1.82, 2.24) is 14.7 Å². The minimum Gasteiger partial charge on any atom is -0.347 e. The van der Waals surface area contributed by atoms with Crippen LogP contribution in [-0.2, 0) is 6.18 Å². The summed E-state index contributed by atoms with van der Waals surface area (Å²) in [6.45, 7) is 5.24. The van der Waals surface area contributed by atoms with Crippen molar-refractivity contribution >= 4 is 16.7 Å². The Morgan fingerprint density at radius 3 is 2.79 bits per heavy atom. The highest BCUT2D eigenvalue weighted by Crippen LogP contribution is 2.30. The van der Waals surface area contributed by atoms with Crippen LogP contribution in [0.2, 0.25) is 0 Å². The first kappa shape index (κ1) is 14.5. The lowest BCUT2D eigenvalue weighted by Gasteiger charge is -2.28. The van der Waals surface area contributed by atoms with Gasteiger partial charge in [0.05, 0.1) is 0 Å². The molecule has 1 N–H and O–H groups in total. The van der Waals surface area contributed by atoms with Gasteiger partial charge in [-0.1, -0.05) is 0 Å². The maximum absolute atomic E-state index is 12.5. The molecule has 1 fully saturated rings. The number of alkyl halides is 3. The van der Waals surface area contributed by atoms with Crippen LogP contribution in [0.4, 0.5) is 18.3 Å². The maximum atomic E-state index is 12.5. The largest absolute Gasteiger partial charge is 0.452 e.